The van der Waals surface area contributed by atoms with Gasteiger partial charge in [-0.3, -0.25) is 0 Å². The Bertz CT molecular complexity index is 687. The van der Waals surface area contributed by atoms with Gasteiger partial charge in [0.2, 0.25) is 0 Å². The van der Waals surface area contributed by atoms with Crippen molar-refractivity contribution in [1.29, 1.82) is 0 Å². The van der Waals surface area contributed by atoms with Gasteiger partial charge in [-0.25, -0.2) is 22.2 Å². The lowest BCUT2D eigenvalue weighted by Crippen LogP contribution is -2.43. The van der Waals surface area contributed by atoms with E-state index in [1.54, 1.807) is 0 Å². The molecule has 0 fully saturated rings. The van der Waals surface area contributed by atoms with E-state index in [4.69, 9.17) is 4.74 Å². The van der Waals surface area contributed by atoms with Crippen molar-refractivity contribution in [3.05, 3.63) is 29.8 Å². The Balaban J connectivity index is 0.00000625. The maximum Gasteiger partial charge on any atom is 0.191 e. The second-order valence-corrected chi connectivity index (χ2v) is 7.91. The Morgan fingerprint density at radius 1 is 1.31 bits per heavy atom. The zero-order valence-corrected chi connectivity index (χ0v) is 18.2. The molecule has 0 aliphatic carbocycles. The van der Waals surface area contributed by atoms with Crippen molar-refractivity contribution >= 4 is 39.8 Å². The minimum absolute atomic E-state index is 0. The zero-order chi connectivity index (χ0) is 18.9. The summed E-state index contributed by atoms with van der Waals surface area (Å²) < 4.78 is 53.6. The molecule has 0 amide bonds. The minimum Gasteiger partial charge on any atom is -0.492 e. The van der Waals surface area contributed by atoms with Gasteiger partial charge >= 0.3 is 0 Å². The first kappa shape index (κ1) is 24.8. The molecule has 26 heavy (non-hydrogen) atoms. The van der Waals surface area contributed by atoms with Crippen molar-refractivity contribution < 1.29 is 21.9 Å². The van der Waals surface area contributed by atoms with Crippen molar-refractivity contribution in [3.63, 3.8) is 0 Å². The summed E-state index contributed by atoms with van der Waals surface area (Å²) in [4.78, 5) is 4.31. The lowest BCUT2D eigenvalue weighted by atomic mass is 10.3. The molecule has 0 saturated heterocycles. The third kappa shape index (κ3) is 10.7. The van der Waals surface area contributed by atoms with Gasteiger partial charge in [-0.2, -0.15) is 0 Å². The monoisotopic (exact) mass is 505 g/mol. The highest BCUT2D eigenvalue weighted by Crippen LogP contribution is 2.15. The number of sulfone groups is 1. The Kier molecular flexibility index (Phi) is 11.7. The van der Waals surface area contributed by atoms with E-state index in [2.05, 4.69) is 15.6 Å². The lowest BCUT2D eigenvalue weighted by molar-refractivity contribution is 0.325. The molecule has 1 aromatic rings. The van der Waals surface area contributed by atoms with Gasteiger partial charge in [-0.1, -0.05) is 0 Å². The smallest absolute Gasteiger partial charge is 0.191 e. The number of nitrogens with zero attached hydrogens (tertiary/aromatic N) is 1. The first-order valence-electron chi connectivity index (χ1n) is 8.01. The maximum absolute atomic E-state index is 13.1. The van der Waals surface area contributed by atoms with Gasteiger partial charge in [0.1, 0.15) is 22.2 Å². The molecule has 0 spiro atoms. The van der Waals surface area contributed by atoms with E-state index in [-0.39, 0.29) is 48.1 Å². The Labute approximate surface area is 170 Å². The van der Waals surface area contributed by atoms with Crippen LogP contribution in [0.2, 0.25) is 0 Å². The van der Waals surface area contributed by atoms with Crippen LogP contribution in [-0.2, 0) is 9.84 Å². The number of benzene rings is 1. The highest BCUT2D eigenvalue weighted by Gasteiger charge is 2.09. The fourth-order valence-corrected chi connectivity index (χ4v) is 2.69. The van der Waals surface area contributed by atoms with E-state index in [0.717, 1.165) is 12.1 Å². The van der Waals surface area contributed by atoms with Crippen molar-refractivity contribution in [3.8, 4) is 5.75 Å². The molecule has 1 atom stereocenters. The van der Waals surface area contributed by atoms with Crippen LogP contribution in [0.3, 0.4) is 0 Å². The summed E-state index contributed by atoms with van der Waals surface area (Å²) in [6.07, 6.45) is 1.67. The number of hydrogen-bond acceptors (Lipinski definition) is 4. The summed E-state index contributed by atoms with van der Waals surface area (Å²) in [5.74, 6) is -1.02. The standard InChI is InChI=1S/C16H25F2N3O3S.HI/c1-4-19-16(21-12(2)7-10-25(3,22)23)20-8-9-24-13-5-6-14(17)15(18)11-13;/h5-6,11-12H,4,7-10H2,1-3H3,(H2,19,20,21);1H. The van der Waals surface area contributed by atoms with Crippen molar-refractivity contribution in [2.75, 3.05) is 31.7 Å². The van der Waals surface area contributed by atoms with Crippen LogP contribution < -0.4 is 15.4 Å². The van der Waals surface area contributed by atoms with Crippen LogP contribution in [0.1, 0.15) is 20.3 Å². The van der Waals surface area contributed by atoms with Crippen LogP contribution >= 0.6 is 24.0 Å². The van der Waals surface area contributed by atoms with E-state index >= 15 is 0 Å². The third-order valence-corrected chi connectivity index (χ3v) is 4.15. The summed E-state index contributed by atoms with van der Waals surface area (Å²) in [7, 11) is -3.00. The van der Waals surface area contributed by atoms with Gasteiger partial charge in [0.25, 0.3) is 0 Å². The number of nitrogens with one attached hydrogen (secondary N) is 2. The average Bonchev–Trinajstić information content (AvgIpc) is 2.52. The molecule has 1 unspecified atom stereocenters. The van der Waals surface area contributed by atoms with Gasteiger partial charge in [0, 0.05) is 24.9 Å². The predicted molar refractivity (Wildman–Crippen MR) is 110 cm³/mol. The molecular weight excluding hydrogens is 479 g/mol. The molecule has 2 N–H and O–H groups in total. The molecule has 6 nitrogen and oxygen atoms in total. The molecule has 0 aliphatic heterocycles. The molecule has 0 radical (unpaired) electrons. The molecule has 0 bridgehead atoms. The van der Waals surface area contributed by atoms with Crippen molar-refractivity contribution in [1.82, 2.24) is 10.6 Å². The van der Waals surface area contributed by atoms with E-state index in [9.17, 15) is 17.2 Å². The fourth-order valence-electron chi connectivity index (χ4n) is 1.90. The van der Waals surface area contributed by atoms with Crippen molar-refractivity contribution in [2.24, 2.45) is 4.99 Å². The summed E-state index contributed by atoms with van der Waals surface area (Å²) in [5, 5.41) is 6.17. The number of aliphatic imine (C=N–C) groups is 1. The summed E-state index contributed by atoms with van der Waals surface area (Å²) >= 11 is 0. The van der Waals surface area contributed by atoms with Gasteiger partial charge in [-0.05, 0) is 32.4 Å². The number of rotatable bonds is 9. The number of ether oxygens (including phenoxy) is 1. The maximum atomic E-state index is 13.1. The zero-order valence-electron chi connectivity index (χ0n) is 15.1. The molecule has 150 valence electrons. The van der Waals surface area contributed by atoms with Gasteiger partial charge in [0.05, 0.1) is 12.3 Å². The van der Waals surface area contributed by atoms with Gasteiger partial charge in [-0.15, -0.1) is 24.0 Å². The summed E-state index contributed by atoms with van der Waals surface area (Å²) in [5.41, 5.74) is 0. The van der Waals surface area contributed by atoms with Crippen LogP contribution in [0.15, 0.2) is 23.2 Å². The Morgan fingerprint density at radius 3 is 2.58 bits per heavy atom. The van der Waals surface area contributed by atoms with Crippen LogP contribution in [0.5, 0.6) is 5.75 Å². The molecule has 0 saturated carbocycles. The topological polar surface area (TPSA) is 79.8 Å². The highest BCUT2D eigenvalue weighted by molar-refractivity contribution is 14.0. The van der Waals surface area contributed by atoms with E-state index in [1.807, 2.05) is 13.8 Å². The second-order valence-electron chi connectivity index (χ2n) is 5.65. The molecule has 0 aliphatic rings. The second kappa shape index (κ2) is 12.3. The average molecular weight is 505 g/mol. The minimum atomic E-state index is -3.00. The van der Waals surface area contributed by atoms with E-state index < -0.39 is 21.5 Å². The molecule has 10 heteroatoms. The van der Waals surface area contributed by atoms with Gasteiger partial charge in [0.15, 0.2) is 17.6 Å². The Morgan fingerprint density at radius 2 is 2.00 bits per heavy atom. The summed E-state index contributed by atoms with van der Waals surface area (Å²) in [6.45, 7) is 4.92. The number of halogens is 3. The first-order chi connectivity index (χ1) is 11.7. The lowest BCUT2D eigenvalue weighted by Gasteiger charge is -2.17. The quantitative estimate of drug-likeness (QED) is 0.233. The largest absolute Gasteiger partial charge is 0.492 e. The molecular formula is C16H26F2IN3O3S. The third-order valence-electron chi connectivity index (χ3n) is 3.17. The summed E-state index contributed by atoms with van der Waals surface area (Å²) in [6, 6.07) is 3.26. The van der Waals surface area contributed by atoms with Crippen molar-refractivity contribution in [2.45, 2.75) is 26.3 Å². The fraction of sp³-hybridized carbons (Fsp3) is 0.562. The van der Waals surface area contributed by atoms with Gasteiger partial charge < -0.3 is 15.4 Å². The predicted octanol–water partition coefficient (Wildman–Crippen LogP) is 2.34. The van der Waals surface area contributed by atoms with Crippen LogP contribution in [-0.4, -0.2) is 52.1 Å². The molecule has 0 heterocycles. The van der Waals surface area contributed by atoms with Crippen LogP contribution in [0.25, 0.3) is 0 Å². The molecule has 1 rings (SSSR count). The Hall–Kier alpha value is -1.17. The SMILES string of the molecule is CCNC(=NCCOc1ccc(F)c(F)c1)NC(C)CCS(C)(=O)=O.I. The normalized spacial score (nSPS) is 12.9. The molecule has 0 aromatic heterocycles. The number of hydrogen-bond donors (Lipinski definition) is 2. The van der Waals surface area contributed by atoms with E-state index in [1.165, 1.54) is 12.3 Å². The van der Waals surface area contributed by atoms with Crippen LogP contribution in [0, 0.1) is 11.6 Å². The highest BCUT2D eigenvalue weighted by atomic mass is 127. The molecule has 1 aromatic carbocycles. The number of guanidine groups is 1. The van der Waals surface area contributed by atoms with Crippen LogP contribution in [0.4, 0.5) is 8.78 Å². The van der Waals surface area contributed by atoms with E-state index in [0.29, 0.717) is 25.5 Å². The first-order valence-corrected chi connectivity index (χ1v) is 10.1.